The van der Waals surface area contributed by atoms with Gasteiger partial charge in [-0.05, 0) is 97.6 Å². The molecule has 0 fully saturated rings. The van der Waals surface area contributed by atoms with E-state index in [1.165, 1.54) is 167 Å². The number of esters is 2. The smallest absolute Gasteiger partial charge is 0.328 e. The van der Waals surface area contributed by atoms with E-state index in [0.29, 0.717) is 19.5 Å². The summed E-state index contributed by atoms with van der Waals surface area (Å²) in [5.74, 6) is -0.830. The molecule has 0 aliphatic carbocycles. The molecular formula is C61H111N3O6. The Hall–Kier alpha value is -2.94. The van der Waals surface area contributed by atoms with E-state index >= 15 is 0 Å². The van der Waals surface area contributed by atoms with Crippen molar-refractivity contribution >= 4 is 23.3 Å². The fraction of sp³-hybridized carbons (Fsp3) is 0.836. The van der Waals surface area contributed by atoms with Gasteiger partial charge in [0, 0.05) is 19.5 Å². The Morgan fingerprint density at radius 2 is 0.829 bits per heavy atom. The number of carbonyl (C=O) groups is 2. The van der Waals surface area contributed by atoms with E-state index in [-0.39, 0.29) is 42.4 Å². The average Bonchev–Trinajstić information content (AvgIpc) is 3.35. The van der Waals surface area contributed by atoms with Gasteiger partial charge in [-0.3, -0.25) is 14.4 Å². The minimum Gasteiger partial charge on any atom is -0.462 e. The van der Waals surface area contributed by atoms with Gasteiger partial charge in [-0.2, -0.15) is 0 Å². The maximum Gasteiger partial charge on any atom is 0.328 e. The second kappa shape index (κ2) is 47.1. The first-order valence-corrected chi connectivity index (χ1v) is 29.9. The maximum atomic E-state index is 14.3. The summed E-state index contributed by atoms with van der Waals surface area (Å²) >= 11 is 0. The van der Waals surface area contributed by atoms with Crippen molar-refractivity contribution in [3.05, 3.63) is 44.8 Å². The number of unbranched alkanes of at least 4 members (excludes halogenated alkanes) is 28. The third-order valence-electron chi connectivity index (χ3n) is 13.9. The van der Waals surface area contributed by atoms with Gasteiger partial charge in [0.1, 0.15) is 29.6 Å². The second-order valence-electron chi connectivity index (χ2n) is 21.0. The molecule has 2 N–H and O–H groups in total. The molecule has 70 heavy (non-hydrogen) atoms. The summed E-state index contributed by atoms with van der Waals surface area (Å²) in [4.78, 5) is 55.8. The van der Waals surface area contributed by atoms with Gasteiger partial charge in [-0.15, -0.1) is 0 Å². The highest BCUT2D eigenvalue weighted by Crippen LogP contribution is 2.23. The number of anilines is 2. The fourth-order valence-electron chi connectivity index (χ4n) is 9.29. The van der Waals surface area contributed by atoms with Gasteiger partial charge in [0.2, 0.25) is 0 Å². The molecule has 0 saturated heterocycles. The number of hydrogen-bond acceptors (Lipinski definition) is 9. The van der Waals surface area contributed by atoms with Gasteiger partial charge in [0.25, 0.3) is 10.9 Å². The van der Waals surface area contributed by atoms with Crippen LogP contribution in [0.5, 0.6) is 0 Å². The van der Waals surface area contributed by atoms with Crippen molar-refractivity contribution in [2.24, 2.45) is 0 Å². The first-order valence-electron chi connectivity index (χ1n) is 29.9. The standard InChI is InChI=1S/C61H111N3O6/c1-7-11-15-19-23-25-27-29-31-35-39-42-46-53(45-41-37-33-21-17-13-9-3)69-56(65)50-49-55(63-58-57(59(66)60(58)67)62-51-52-64(5)6)61(68)70-54(47-43-38-34-22-18-14-10-4)48-44-40-36-32-30-28-26-24-20-16-12-8-2/h33-34,37-38,53-55,62-63H,7-32,35-36,39-52H2,1-6H3/b37-33-,38-34-. The average molecular weight is 983 g/mol. The molecule has 3 atom stereocenters. The summed E-state index contributed by atoms with van der Waals surface area (Å²) in [5, 5.41) is 6.23. The fourth-order valence-corrected chi connectivity index (χ4v) is 9.29. The summed E-state index contributed by atoms with van der Waals surface area (Å²) in [7, 11) is 3.89. The first kappa shape index (κ1) is 65.1. The molecule has 1 aromatic rings. The van der Waals surface area contributed by atoms with E-state index in [0.717, 1.165) is 70.6 Å². The topological polar surface area (TPSA) is 114 Å². The second-order valence-corrected chi connectivity index (χ2v) is 21.0. The van der Waals surface area contributed by atoms with Crippen molar-refractivity contribution in [1.82, 2.24) is 4.90 Å². The zero-order valence-corrected chi connectivity index (χ0v) is 46.6. The molecule has 0 amide bonds. The largest absolute Gasteiger partial charge is 0.462 e. The Morgan fingerprint density at radius 1 is 0.457 bits per heavy atom. The predicted molar refractivity (Wildman–Crippen MR) is 301 cm³/mol. The number of rotatable bonds is 52. The number of hydrogen-bond donors (Lipinski definition) is 2. The first-order chi connectivity index (χ1) is 34.2. The number of nitrogens with one attached hydrogen (secondary N) is 2. The normalized spacial score (nSPS) is 13.2. The van der Waals surface area contributed by atoms with Crippen molar-refractivity contribution in [2.75, 3.05) is 37.8 Å². The van der Waals surface area contributed by atoms with E-state index in [1.807, 2.05) is 19.0 Å². The van der Waals surface area contributed by atoms with Crippen molar-refractivity contribution in [1.29, 1.82) is 0 Å². The lowest BCUT2D eigenvalue weighted by atomic mass is 10.0. The highest BCUT2D eigenvalue weighted by Gasteiger charge is 2.30. The molecule has 9 heteroatoms. The van der Waals surface area contributed by atoms with Gasteiger partial charge in [-0.25, -0.2) is 4.79 Å². The molecule has 0 aliphatic heterocycles. The Morgan fingerprint density at radius 3 is 1.26 bits per heavy atom. The molecule has 3 unspecified atom stereocenters. The van der Waals surface area contributed by atoms with Crippen molar-refractivity contribution in [2.45, 2.75) is 303 Å². The third-order valence-corrected chi connectivity index (χ3v) is 13.9. The van der Waals surface area contributed by atoms with Crippen molar-refractivity contribution in [3.63, 3.8) is 0 Å². The molecular weight excluding hydrogens is 871 g/mol. The predicted octanol–water partition coefficient (Wildman–Crippen LogP) is 16.7. The Balaban J connectivity index is 3.05. The molecule has 1 rings (SSSR count). The van der Waals surface area contributed by atoms with Crippen LogP contribution in [-0.4, -0.2) is 62.3 Å². The van der Waals surface area contributed by atoms with Crippen molar-refractivity contribution < 1.29 is 19.1 Å². The van der Waals surface area contributed by atoms with Crippen LogP contribution in [0.1, 0.15) is 285 Å². The summed E-state index contributed by atoms with van der Waals surface area (Å²) in [6.45, 7) is 10.1. The van der Waals surface area contributed by atoms with Crippen LogP contribution in [0.15, 0.2) is 33.9 Å². The zero-order chi connectivity index (χ0) is 51.1. The van der Waals surface area contributed by atoms with Crippen molar-refractivity contribution in [3.8, 4) is 0 Å². The molecule has 0 spiro atoms. The highest BCUT2D eigenvalue weighted by atomic mass is 16.5. The van der Waals surface area contributed by atoms with Gasteiger partial charge in [-0.1, -0.05) is 219 Å². The van der Waals surface area contributed by atoms with Crippen LogP contribution in [0.4, 0.5) is 11.4 Å². The van der Waals surface area contributed by atoms with Crippen LogP contribution in [0.2, 0.25) is 0 Å². The zero-order valence-electron chi connectivity index (χ0n) is 46.6. The Kier molecular flexibility index (Phi) is 43.8. The third kappa shape index (κ3) is 36.0. The van der Waals surface area contributed by atoms with Gasteiger partial charge in [0.15, 0.2) is 0 Å². The number of likely N-dealkylation sites (N-methyl/N-ethyl adjacent to an activating group) is 1. The van der Waals surface area contributed by atoms with Crippen LogP contribution in [0, 0.1) is 0 Å². The van der Waals surface area contributed by atoms with E-state index < -0.39 is 22.9 Å². The number of nitrogens with zero attached hydrogens (tertiary/aromatic N) is 1. The van der Waals surface area contributed by atoms with Gasteiger partial charge < -0.3 is 25.0 Å². The van der Waals surface area contributed by atoms with Gasteiger partial charge in [0.05, 0.1) is 0 Å². The summed E-state index contributed by atoms with van der Waals surface area (Å²) in [5.41, 5.74) is -0.955. The molecule has 9 nitrogen and oxygen atoms in total. The number of ether oxygens (including phenoxy) is 2. The Labute approximate surface area is 431 Å². The maximum absolute atomic E-state index is 14.3. The molecule has 0 saturated carbocycles. The lowest BCUT2D eigenvalue weighted by Gasteiger charge is -2.25. The minimum atomic E-state index is -0.986. The molecule has 0 heterocycles. The number of carbonyl (C=O) groups excluding carboxylic acids is 2. The van der Waals surface area contributed by atoms with Crippen LogP contribution < -0.4 is 21.5 Å². The van der Waals surface area contributed by atoms with Crippen LogP contribution in [0.25, 0.3) is 0 Å². The minimum absolute atomic E-state index is 0.00270. The SMILES string of the molecule is CCCCC/C=C\CCC(CCCCCCCCCCCCCC)OC(=O)CCC(Nc1c(NCCN(C)C)c(=O)c1=O)C(=O)OC(CC/C=C\CCCCC)CCCCCCCCCCCCCC. The monoisotopic (exact) mass is 982 g/mol. The molecule has 406 valence electrons. The lowest BCUT2D eigenvalue weighted by molar-refractivity contribution is -0.152. The molecule has 1 aromatic carbocycles. The van der Waals surface area contributed by atoms with Gasteiger partial charge >= 0.3 is 11.9 Å². The van der Waals surface area contributed by atoms with Crippen LogP contribution >= 0.6 is 0 Å². The lowest BCUT2D eigenvalue weighted by Crippen LogP contribution is -2.43. The van der Waals surface area contributed by atoms with Crippen LogP contribution in [0.3, 0.4) is 0 Å². The summed E-state index contributed by atoms with van der Waals surface area (Å²) in [6, 6.07) is -0.986. The van der Waals surface area contributed by atoms with E-state index in [9.17, 15) is 19.2 Å². The van der Waals surface area contributed by atoms with E-state index in [1.54, 1.807) is 0 Å². The molecule has 0 aromatic heterocycles. The highest BCUT2D eigenvalue weighted by molar-refractivity contribution is 5.84. The summed E-state index contributed by atoms with van der Waals surface area (Å²) in [6.07, 6.45) is 53.2. The molecule has 0 bridgehead atoms. The molecule has 0 radical (unpaired) electrons. The van der Waals surface area contributed by atoms with E-state index in [4.69, 9.17) is 9.47 Å². The quantitative estimate of drug-likeness (QED) is 0.0285. The number of allylic oxidation sites excluding steroid dienone is 4. The molecule has 0 aliphatic rings. The summed E-state index contributed by atoms with van der Waals surface area (Å²) < 4.78 is 12.5. The Bertz CT molecular complexity index is 1500. The van der Waals surface area contributed by atoms with E-state index in [2.05, 4.69) is 62.6 Å². The van der Waals surface area contributed by atoms with Crippen LogP contribution in [-0.2, 0) is 19.1 Å².